The number of ether oxygens (including phenoxy) is 1. The second-order valence-electron chi connectivity index (χ2n) is 8.28. The lowest BCUT2D eigenvalue weighted by Crippen LogP contribution is -2.35. The lowest BCUT2D eigenvalue weighted by Gasteiger charge is -2.24. The molecule has 1 amide bonds. The second-order valence-corrected chi connectivity index (χ2v) is 8.28. The number of benzene rings is 1. The number of amides is 1. The molecule has 5 rings (SSSR count). The molecule has 2 fully saturated rings. The van der Waals surface area contributed by atoms with Crippen molar-refractivity contribution in [3.8, 4) is 0 Å². The van der Waals surface area contributed by atoms with Crippen molar-refractivity contribution in [2.24, 2.45) is 5.92 Å². The highest BCUT2D eigenvalue weighted by Crippen LogP contribution is 2.27. The maximum Gasteiger partial charge on any atom is 0.223 e. The molecule has 4 heterocycles. The number of aromatic nitrogens is 3. The summed E-state index contributed by atoms with van der Waals surface area (Å²) < 4.78 is 5.39. The van der Waals surface area contributed by atoms with Crippen LogP contribution in [0, 0.1) is 5.92 Å². The van der Waals surface area contributed by atoms with Crippen LogP contribution in [0.2, 0.25) is 0 Å². The fourth-order valence-electron chi connectivity index (χ4n) is 4.33. The molecule has 2 aliphatic heterocycles. The number of hydrogen-bond donors (Lipinski definition) is 2. The van der Waals surface area contributed by atoms with Gasteiger partial charge in [-0.25, -0.2) is 15.0 Å². The van der Waals surface area contributed by atoms with Gasteiger partial charge in [0.15, 0.2) is 11.6 Å². The first-order chi connectivity index (χ1) is 15.7. The van der Waals surface area contributed by atoms with Gasteiger partial charge >= 0.3 is 0 Å². The maximum atomic E-state index is 13.1. The quantitative estimate of drug-likeness (QED) is 0.574. The van der Waals surface area contributed by atoms with E-state index in [0.29, 0.717) is 60.1 Å². The van der Waals surface area contributed by atoms with Crippen molar-refractivity contribution in [2.75, 3.05) is 38.4 Å². The molecule has 0 atom stereocenters. The number of fused-ring (bicyclic) bond motifs is 1. The molecule has 0 spiro atoms. The van der Waals surface area contributed by atoms with E-state index in [-0.39, 0.29) is 11.7 Å². The molecular weight excluding hydrogens is 408 g/mol. The molecule has 9 heteroatoms. The van der Waals surface area contributed by atoms with E-state index >= 15 is 0 Å². The Bertz CT molecular complexity index is 1110. The topological polar surface area (TPSA) is 103 Å². The van der Waals surface area contributed by atoms with Crippen molar-refractivity contribution in [3.05, 3.63) is 54.0 Å². The summed E-state index contributed by atoms with van der Waals surface area (Å²) in [5.74, 6) is 1.04. The van der Waals surface area contributed by atoms with Gasteiger partial charge in [-0.05, 0) is 18.8 Å². The highest BCUT2D eigenvalue weighted by Gasteiger charge is 2.28. The Kier molecular flexibility index (Phi) is 5.83. The monoisotopic (exact) mass is 434 g/mol. The Morgan fingerprint density at radius 1 is 1.12 bits per heavy atom. The summed E-state index contributed by atoms with van der Waals surface area (Å²) in [4.78, 5) is 39.4. The van der Waals surface area contributed by atoms with E-state index < -0.39 is 0 Å². The standard InChI is InChI=1S/C23H26N6O3/c30-19(12-16-6-10-32-11-7-16)28-8-9-29(15-28)27-23-20-18(13-24-22(20)25-14-26-23)21(31)17-4-2-1-3-5-17/h1-5,13-14,16H,6-12,15H2,(H2,24,25,26,27). The summed E-state index contributed by atoms with van der Waals surface area (Å²) in [6.07, 6.45) is 5.61. The molecule has 0 aliphatic carbocycles. The van der Waals surface area contributed by atoms with E-state index in [4.69, 9.17) is 4.74 Å². The minimum atomic E-state index is -0.0932. The maximum absolute atomic E-state index is 13.1. The summed E-state index contributed by atoms with van der Waals surface area (Å²) in [6.45, 7) is 3.30. The third-order valence-corrected chi connectivity index (χ3v) is 6.15. The van der Waals surface area contributed by atoms with Gasteiger partial charge in [-0.3, -0.25) is 9.59 Å². The normalized spacial score (nSPS) is 17.7. The SMILES string of the molecule is O=C(c1ccccc1)c1c[nH]c2ncnc(NN3CCN(C(=O)CC4CCOCC4)C3)c12. The molecule has 0 unspecified atom stereocenters. The molecule has 9 nitrogen and oxygen atoms in total. The van der Waals surface area contributed by atoms with Crippen LogP contribution in [0.1, 0.15) is 35.2 Å². The van der Waals surface area contributed by atoms with Crippen molar-refractivity contribution in [1.29, 1.82) is 0 Å². The number of nitrogens with one attached hydrogen (secondary N) is 2. The summed E-state index contributed by atoms with van der Waals surface area (Å²) in [7, 11) is 0. The first-order valence-corrected chi connectivity index (χ1v) is 11.0. The minimum absolute atomic E-state index is 0.0932. The molecule has 2 saturated heterocycles. The van der Waals surface area contributed by atoms with Crippen LogP contribution in [-0.2, 0) is 9.53 Å². The van der Waals surface area contributed by atoms with Gasteiger partial charge in [0.1, 0.15) is 12.0 Å². The predicted molar refractivity (Wildman–Crippen MR) is 119 cm³/mol. The lowest BCUT2D eigenvalue weighted by atomic mass is 9.96. The van der Waals surface area contributed by atoms with E-state index in [1.165, 1.54) is 6.33 Å². The van der Waals surface area contributed by atoms with E-state index in [0.717, 1.165) is 26.1 Å². The van der Waals surface area contributed by atoms with Crippen LogP contribution in [0.3, 0.4) is 0 Å². The molecule has 3 aromatic rings. The number of hydrogen-bond acceptors (Lipinski definition) is 7. The van der Waals surface area contributed by atoms with E-state index in [9.17, 15) is 9.59 Å². The Hall–Kier alpha value is -3.30. The minimum Gasteiger partial charge on any atom is -0.381 e. The Morgan fingerprint density at radius 2 is 1.94 bits per heavy atom. The summed E-state index contributed by atoms with van der Waals surface area (Å²) in [6, 6.07) is 9.15. The van der Waals surface area contributed by atoms with Gasteiger partial charge in [-0.15, -0.1) is 0 Å². The van der Waals surface area contributed by atoms with E-state index in [1.807, 2.05) is 28.1 Å². The molecule has 2 N–H and O–H groups in total. The zero-order valence-corrected chi connectivity index (χ0v) is 17.8. The predicted octanol–water partition coefficient (Wildman–Crippen LogP) is 2.43. The zero-order chi connectivity index (χ0) is 21.9. The number of rotatable bonds is 6. The molecule has 166 valence electrons. The lowest BCUT2D eigenvalue weighted by molar-refractivity contribution is -0.132. The molecule has 0 radical (unpaired) electrons. The number of nitrogens with zero attached hydrogens (tertiary/aromatic N) is 4. The Balaban J connectivity index is 1.30. The molecule has 0 saturated carbocycles. The van der Waals surface area contributed by atoms with Crippen LogP contribution in [0.5, 0.6) is 0 Å². The van der Waals surface area contributed by atoms with Crippen LogP contribution in [0.25, 0.3) is 11.0 Å². The molecule has 2 aromatic heterocycles. The first kappa shape index (κ1) is 20.6. The number of H-pyrrole nitrogens is 1. The third kappa shape index (κ3) is 4.21. The average molecular weight is 435 g/mol. The summed E-state index contributed by atoms with van der Waals surface area (Å²) >= 11 is 0. The van der Waals surface area contributed by atoms with Gasteiger partial charge in [0.25, 0.3) is 0 Å². The van der Waals surface area contributed by atoms with Crippen LogP contribution in [0.15, 0.2) is 42.9 Å². The van der Waals surface area contributed by atoms with Crippen LogP contribution in [-0.4, -0.2) is 69.5 Å². The van der Waals surface area contributed by atoms with Crippen LogP contribution >= 0.6 is 0 Å². The van der Waals surface area contributed by atoms with Gasteiger partial charge in [0, 0.05) is 44.5 Å². The zero-order valence-electron chi connectivity index (χ0n) is 17.8. The van der Waals surface area contributed by atoms with Gasteiger partial charge in [-0.2, -0.15) is 0 Å². The molecule has 32 heavy (non-hydrogen) atoms. The van der Waals surface area contributed by atoms with Gasteiger partial charge in [0.2, 0.25) is 5.91 Å². The number of anilines is 1. The summed E-state index contributed by atoms with van der Waals surface area (Å²) in [5, 5.41) is 2.60. The third-order valence-electron chi connectivity index (χ3n) is 6.15. The fraction of sp³-hybridized carbons (Fsp3) is 0.391. The van der Waals surface area contributed by atoms with Crippen LogP contribution < -0.4 is 5.43 Å². The van der Waals surface area contributed by atoms with E-state index in [1.54, 1.807) is 18.3 Å². The molecule has 0 bridgehead atoms. The number of aromatic amines is 1. The van der Waals surface area contributed by atoms with Crippen molar-refractivity contribution < 1.29 is 14.3 Å². The Labute approximate surface area is 185 Å². The number of carbonyl (C=O) groups is 2. The van der Waals surface area contributed by atoms with Crippen LogP contribution in [0.4, 0.5) is 5.82 Å². The second kappa shape index (κ2) is 9.05. The van der Waals surface area contributed by atoms with Crippen molar-refractivity contribution in [2.45, 2.75) is 19.3 Å². The first-order valence-electron chi connectivity index (χ1n) is 11.0. The molecule has 2 aliphatic rings. The molecule has 1 aromatic carbocycles. The number of hydrazine groups is 1. The van der Waals surface area contributed by atoms with Gasteiger partial charge in [0.05, 0.1) is 17.6 Å². The highest BCUT2D eigenvalue weighted by molar-refractivity contribution is 6.17. The number of ketones is 1. The summed E-state index contributed by atoms with van der Waals surface area (Å²) in [5.41, 5.74) is 5.01. The number of carbonyl (C=O) groups excluding carboxylic acids is 2. The smallest absolute Gasteiger partial charge is 0.223 e. The fourth-order valence-corrected chi connectivity index (χ4v) is 4.33. The highest BCUT2D eigenvalue weighted by atomic mass is 16.5. The van der Waals surface area contributed by atoms with Gasteiger partial charge in [-0.1, -0.05) is 30.3 Å². The largest absolute Gasteiger partial charge is 0.381 e. The van der Waals surface area contributed by atoms with Gasteiger partial charge < -0.3 is 20.0 Å². The van der Waals surface area contributed by atoms with E-state index in [2.05, 4.69) is 20.4 Å². The average Bonchev–Trinajstić information content (AvgIpc) is 3.48. The van der Waals surface area contributed by atoms with Crippen molar-refractivity contribution in [3.63, 3.8) is 0 Å². The van der Waals surface area contributed by atoms with Crippen molar-refractivity contribution in [1.82, 2.24) is 24.9 Å². The van der Waals surface area contributed by atoms with Crippen molar-refractivity contribution >= 4 is 28.5 Å². The molecular formula is C23H26N6O3. The Morgan fingerprint density at radius 3 is 2.75 bits per heavy atom.